The van der Waals surface area contributed by atoms with E-state index in [1.165, 1.54) is 0 Å². The van der Waals surface area contributed by atoms with Gasteiger partial charge in [-0.05, 0) is 12.1 Å². The van der Waals surface area contributed by atoms with E-state index in [4.69, 9.17) is 10.8 Å². The molecule has 2 aromatic heterocycles. The number of nitrogens with two attached hydrogens (primary N) is 1. The first-order chi connectivity index (χ1) is 5.77. The van der Waals surface area contributed by atoms with Gasteiger partial charge in [0, 0.05) is 11.8 Å². The maximum Gasteiger partial charge on any atom is 0.160 e. The molecule has 0 spiro atoms. The van der Waals surface area contributed by atoms with Crippen LogP contribution in [0.3, 0.4) is 0 Å². The lowest BCUT2D eigenvalue weighted by Gasteiger charge is -2.03. The highest BCUT2D eigenvalue weighted by Gasteiger charge is 2.01. The summed E-state index contributed by atoms with van der Waals surface area (Å²) >= 11 is 0. The smallest absolute Gasteiger partial charge is 0.160 e. The van der Waals surface area contributed by atoms with Crippen molar-refractivity contribution in [2.24, 2.45) is 5.73 Å². The zero-order valence-electron chi connectivity index (χ0n) is 6.25. The predicted octanol–water partition coefficient (Wildman–Crippen LogP) is -0.321. The molecule has 0 fully saturated rings. The Labute approximate surface area is 68.5 Å². The van der Waals surface area contributed by atoms with Crippen LogP contribution in [-0.2, 0) is 0 Å². The van der Waals surface area contributed by atoms with Gasteiger partial charge in [-0.3, -0.25) is 4.40 Å². The first-order valence-corrected chi connectivity index (χ1v) is 3.50. The van der Waals surface area contributed by atoms with Gasteiger partial charge in [0.15, 0.2) is 5.65 Å². The Morgan fingerprint density at radius 1 is 1.50 bits per heavy atom. The van der Waals surface area contributed by atoms with Gasteiger partial charge >= 0.3 is 0 Å². The van der Waals surface area contributed by atoms with Gasteiger partial charge < -0.3 is 10.8 Å². The average molecular weight is 164 g/mol. The minimum absolute atomic E-state index is 0.641. The monoisotopic (exact) mass is 164 g/mol. The molecule has 3 N–H and O–H groups in total. The Bertz CT molecular complexity index is 395. The summed E-state index contributed by atoms with van der Waals surface area (Å²) in [6.45, 7) is 0. The van der Waals surface area contributed by atoms with Gasteiger partial charge in [0.05, 0.1) is 0 Å². The predicted molar refractivity (Wildman–Crippen MR) is 42.1 cm³/mol. The lowest BCUT2D eigenvalue weighted by Crippen LogP contribution is -2.08. The molecule has 5 heteroatoms. The standard InChI is InChI=1S/C7H8N4O/c8-7(12)5-1-2-6-10-9-4-11(6)3-5/h1-4,7,12H,8H2. The molecule has 2 rings (SSSR count). The number of aromatic nitrogens is 3. The van der Waals surface area contributed by atoms with E-state index >= 15 is 0 Å². The zero-order valence-corrected chi connectivity index (χ0v) is 6.25. The summed E-state index contributed by atoms with van der Waals surface area (Å²) in [7, 11) is 0. The molecular weight excluding hydrogens is 156 g/mol. The van der Waals surface area contributed by atoms with E-state index in [0.29, 0.717) is 5.56 Å². The molecule has 0 amide bonds. The molecule has 0 bridgehead atoms. The number of fused-ring (bicyclic) bond motifs is 1. The largest absolute Gasteiger partial charge is 0.374 e. The average Bonchev–Trinajstić information content (AvgIpc) is 2.49. The molecule has 5 nitrogen and oxygen atoms in total. The Balaban J connectivity index is 2.60. The van der Waals surface area contributed by atoms with Crippen LogP contribution in [0.5, 0.6) is 0 Å². The van der Waals surface area contributed by atoms with Crippen molar-refractivity contribution in [1.82, 2.24) is 14.6 Å². The number of nitrogens with zero attached hydrogens (tertiary/aromatic N) is 3. The molecule has 62 valence electrons. The number of aliphatic hydroxyl groups excluding tert-OH is 1. The van der Waals surface area contributed by atoms with Gasteiger partial charge in [-0.1, -0.05) is 0 Å². The number of hydrogen-bond donors (Lipinski definition) is 2. The van der Waals surface area contributed by atoms with Gasteiger partial charge in [-0.15, -0.1) is 10.2 Å². The topological polar surface area (TPSA) is 76.4 Å². The van der Waals surface area contributed by atoms with Crippen molar-refractivity contribution in [3.05, 3.63) is 30.2 Å². The van der Waals surface area contributed by atoms with E-state index in [1.807, 2.05) is 0 Å². The van der Waals surface area contributed by atoms with E-state index in [2.05, 4.69) is 10.2 Å². The maximum atomic E-state index is 9.04. The Morgan fingerprint density at radius 2 is 2.33 bits per heavy atom. The lowest BCUT2D eigenvalue weighted by molar-refractivity contribution is 0.186. The van der Waals surface area contributed by atoms with E-state index in [0.717, 1.165) is 5.65 Å². The van der Waals surface area contributed by atoms with Crippen LogP contribution in [0.15, 0.2) is 24.7 Å². The molecule has 0 aliphatic rings. The van der Waals surface area contributed by atoms with Crippen molar-refractivity contribution < 1.29 is 5.11 Å². The molecule has 0 aromatic carbocycles. The van der Waals surface area contributed by atoms with Crippen molar-refractivity contribution in [2.45, 2.75) is 6.23 Å². The minimum atomic E-state index is -0.947. The van der Waals surface area contributed by atoms with Gasteiger partial charge in [-0.2, -0.15) is 0 Å². The van der Waals surface area contributed by atoms with E-state index < -0.39 is 6.23 Å². The molecule has 0 saturated carbocycles. The highest BCUT2D eigenvalue weighted by Crippen LogP contribution is 2.07. The third-order valence-electron chi connectivity index (χ3n) is 1.66. The van der Waals surface area contributed by atoms with Crippen LogP contribution in [0.1, 0.15) is 11.8 Å². The molecule has 0 aliphatic heterocycles. The van der Waals surface area contributed by atoms with Gasteiger partial charge in [0.25, 0.3) is 0 Å². The summed E-state index contributed by atoms with van der Waals surface area (Å²) in [5, 5.41) is 16.5. The summed E-state index contributed by atoms with van der Waals surface area (Å²) in [6, 6.07) is 3.47. The second kappa shape index (κ2) is 2.54. The third-order valence-corrected chi connectivity index (χ3v) is 1.66. The van der Waals surface area contributed by atoms with Gasteiger partial charge in [-0.25, -0.2) is 0 Å². The Hall–Kier alpha value is -1.46. The second-order valence-electron chi connectivity index (χ2n) is 2.50. The molecule has 2 heterocycles. The van der Waals surface area contributed by atoms with Gasteiger partial charge in [0.1, 0.15) is 12.6 Å². The number of pyridine rings is 1. The normalized spacial score (nSPS) is 13.5. The maximum absolute atomic E-state index is 9.04. The van der Waals surface area contributed by atoms with Crippen molar-refractivity contribution in [3.63, 3.8) is 0 Å². The summed E-state index contributed by atoms with van der Waals surface area (Å²) in [5.41, 5.74) is 6.65. The van der Waals surface area contributed by atoms with E-state index in [1.54, 1.807) is 29.1 Å². The van der Waals surface area contributed by atoms with Crippen LogP contribution in [0.25, 0.3) is 5.65 Å². The van der Waals surface area contributed by atoms with E-state index in [-0.39, 0.29) is 0 Å². The van der Waals surface area contributed by atoms with Crippen LogP contribution in [0.2, 0.25) is 0 Å². The third kappa shape index (κ3) is 1.05. The molecule has 0 saturated heterocycles. The molecule has 0 radical (unpaired) electrons. The molecule has 1 unspecified atom stereocenters. The summed E-state index contributed by atoms with van der Waals surface area (Å²) in [6.07, 6.45) is 2.30. The van der Waals surface area contributed by atoms with Crippen LogP contribution in [0.4, 0.5) is 0 Å². The molecule has 2 aromatic rings. The summed E-state index contributed by atoms with van der Waals surface area (Å²) < 4.78 is 1.70. The first kappa shape index (κ1) is 7.20. The van der Waals surface area contributed by atoms with Gasteiger partial charge in [0.2, 0.25) is 0 Å². The zero-order chi connectivity index (χ0) is 8.55. The van der Waals surface area contributed by atoms with Crippen molar-refractivity contribution in [2.75, 3.05) is 0 Å². The quantitative estimate of drug-likeness (QED) is 0.566. The summed E-state index contributed by atoms with van der Waals surface area (Å²) in [5.74, 6) is 0. The van der Waals surface area contributed by atoms with Crippen molar-refractivity contribution in [1.29, 1.82) is 0 Å². The SMILES string of the molecule is NC(O)c1ccc2nncn2c1. The van der Waals surface area contributed by atoms with Crippen LogP contribution in [0, 0.1) is 0 Å². The Morgan fingerprint density at radius 3 is 3.08 bits per heavy atom. The second-order valence-corrected chi connectivity index (χ2v) is 2.50. The van der Waals surface area contributed by atoms with Crippen LogP contribution >= 0.6 is 0 Å². The lowest BCUT2D eigenvalue weighted by atomic mass is 10.2. The number of aliphatic hydroxyl groups is 1. The number of hydrogen-bond acceptors (Lipinski definition) is 4. The number of rotatable bonds is 1. The van der Waals surface area contributed by atoms with Crippen LogP contribution < -0.4 is 5.73 Å². The fourth-order valence-corrected chi connectivity index (χ4v) is 1.02. The van der Waals surface area contributed by atoms with Crippen molar-refractivity contribution in [3.8, 4) is 0 Å². The Kier molecular flexibility index (Phi) is 1.53. The van der Waals surface area contributed by atoms with Crippen molar-refractivity contribution >= 4 is 5.65 Å². The van der Waals surface area contributed by atoms with E-state index in [9.17, 15) is 0 Å². The fraction of sp³-hybridized carbons (Fsp3) is 0.143. The molecule has 12 heavy (non-hydrogen) atoms. The molecule has 0 aliphatic carbocycles. The highest BCUT2D eigenvalue weighted by molar-refractivity contribution is 5.37. The molecule has 1 atom stereocenters. The first-order valence-electron chi connectivity index (χ1n) is 3.50. The molecular formula is C7H8N4O. The fourth-order valence-electron chi connectivity index (χ4n) is 1.02. The van der Waals surface area contributed by atoms with Crippen LogP contribution in [-0.4, -0.2) is 19.7 Å². The summed E-state index contributed by atoms with van der Waals surface area (Å²) in [4.78, 5) is 0. The minimum Gasteiger partial charge on any atom is -0.374 e. The highest BCUT2D eigenvalue weighted by atomic mass is 16.3.